The molecule has 0 fully saturated rings. The van der Waals surface area contributed by atoms with Crippen LogP contribution >= 0.6 is 0 Å². The third-order valence-corrected chi connectivity index (χ3v) is 4.02. The van der Waals surface area contributed by atoms with Gasteiger partial charge in [-0.05, 0) is 24.3 Å². The fourth-order valence-corrected chi connectivity index (χ4v) is 2.60. The summed E-state index contributed by atoms with van der Waals surface area (Å²) in [5.74, 6) is -0.910. The van der Waals surface area contributed by atoms with E-state index in [0.717, 1.165) is 4.57 Å². The van der Waals surface area contributed by atoms with Gasteiger partial charge in [0.1, 0.15) is 12.3 Å². The predicted octanol–water partition coefficient (Wildman–Crippen LogP) is -0.174. The first-order valence-electron chi connectivity index (χ1n) is 7.83. The summed E-state index contributed by atoms with van der Waals surface area (Å²) < 4.78 is 13.3. The van der Waals surface area contributed by atoms with Gasteiger partial charge in [-0.25, -0.2) is 19.4 Å². The van der Waals surface area contributed by atoms with Crippen LogP contribution in [0.1, 0.15) is 10.4 Å². The zero-order valence-electron chi connectivity index (χ0n) is 14.8. The maximum Gasteiger partial charge on any atom is 0.337 e. The average Bonchev–Trinajstić information content (AvgIpc) is 3.08. The third-order valence-electron chi connectivity index (χ3n) is 4.02. The van der Waals surface area contributed by atoms with E-state index in [-0.39, 0.29) is 23.5 Å². The quantitative estimate of drug-likeness (QED) is 0.461. The second kappa shape index (κ2) is 6.90. The minimum Gasteiger partial charge on any atom is -0.465 e. The number of methoxy groups -OCH3 is 1. The Hall–Kier alpha value is -3.69. The Morgan fingerprint density at radius 3 is 2.37 bits per heavy atom. The van der Waals surface area contributed by atoms with Gasteiger partial charge in [-0.1, -0.05) is 0 Å². The first-order chi connectivity index (χ1) is 12.8. The standard InChI is InChI=1S/C17H16N4O6/c1-19-14-13(15(23)20(2)17(19)25)21(9-18-14)8-12(22)27-11-6-4-10(5-7-11)16(24)26-3/h4-7,9H,8H2,1-3H3. The van der Waals surface area contributed by atoms with Crippen LogP contribution in [-0.4, -0.2) is 37.7 Å². The number of hydrogen-bond acceptors (Lipinski definition) is 7. The fourth-order valence-electron chi connectivity index (χ4n) is 2.60. The highest BCUT2D eigenvalue weighted by Crippen LogP contribution is 2.14. The van der Waals surface area contributed by atoms with Crippen LogP contribution in [-0.2, 0) is 30.2 Å². The maximum atomic E-state index is 12.3. The van der Waals surface area contributed by atoms with Gasteiger partial charge < -0.3 is 14.0 Å². The minimum atomic E-state index is -0.643. The van der Waals surface area contributed by atoms with E-state index in [1.807, 2.05) is 0 Å². The Kier molecular flexibility index (Phi) is 4.63. The van der Waals surface area contributed by atoms with Crippen LogP contribution in [0, 0.1) is 0 Å². The van der Waals surface area contributed by atoms with Crippen LogP contribution in [0.3, 0.4) is 0 Å². The number of ether oxygens (including phenoxy) is 2. The van der Waals surface area contributed by atoms with E-state index in [1.54, 1.807) is 0 Å². The molecule has 0 saturated heterocycles. The van der Waals surface area contributed by atoms with E-state index in [2.05, 4.69) is 9.72 Å². The lowest BCUT2D eigenvalue weighted by atomic mass is 10.2. The highest BCUT2D eigenvalue weighted by atomic mass is 16.5. The highest BCUT2D eigenvalue weighted by Gasteiger charge is 2.17. The van der Waals surface area contributed by atoms with Crippen LogP contribution in [0.5, 0.6) is 5.75 Å². The molecule has 0 radical (unpaired) electrons. The molecule has 0 unspecified atom stereocenters. The second-order valence-electron chi connectivity index (χ2n) is 5.74. The van der Waals surface area contributed by atoms with E-state index < -0.39 is 23.2 Å². The van der Waals surface area contributed by atoms with Gasteiger partial charge in [0.2, 0.25) is 0 Å². The Balaban J connectivity index is 1.84. The molecule has 10 heteroatoms. The van der Waals surface area contributed by atoms with Crippen molar-refractivity contribution in [2.75, 3.05) is 7.11 Å². The van der Waals surface area contributed by atoms with Crippen LogP contribution in [0.15, 0.2) is 40.2 Å². The number of hydrogen-bond donors (Lipinski definition) is 0. The van der Waals surface area contributed by atoms with Gasteiger partial charge in [-0.2, -0.15) is 0 Å². The van der Waals surface area contributed by atoms with Gasteiger partial charge in [0.25, 0.3) is 5.56 Å². The Bertz CT molecular complexity index is 1150. The van der Waals surface area contributed by atoms with E-state index in [9.17, 15) is 19.2 Å². The van der Waals surface area contributed by atoms with Crippen molar-refractivity contribution in [1.29, 1.82) is 0 Å². The fraction of sp³-hybridized carbons (Fsp3) is 0.235. The summed E-state index contributed by atoms with van der Waals surface area (Å²) in [6, 6.07) is 5.84. The van der Waals surface area contributed by atoms with Crippen molar-refractivity contribution in [2.24, 2.45) is 14.1 Å². The smallest absolute Gasteiger partial charge is 0.337 e. The molecular weight excluding hydrogens is 356 g/mol. The lowest BCUT2D eigenvalue weighted by Gasteiger charge is -2.07. The van der Waals surface area contributed by atoms with Gasteiger partial charge in [0.05, 0.1) is 19.0 Å². The molecule has 140 valence electrons. The van der Waals surface area contributed by atoms with Crippen LogP contribution in [0.2, 0.25) is 0 Å². The summed E-state index contributed by atoms with van der Waals surface area (Å²) >= 11 is 0. The number of carbonyl (C=O) groups is 2. The van der Waals surface area contributed by atoms with Crippen LogP contribution < -0.4 is 16.0 Å². The molecule has 0 atom stereocenters. The lowest BCUT2D eigenvalue weighted by Crippen LogP contribution is -2.37. The van der Waals surface area contributed by atoms with E-state index in [0.29, 0.717) is 5.56 Å². The molecule has 0 aliphatic rings. The van der Waals surface area contributed by atoms with Gasteiger partial charge in [0.15, 0.2) is 11.2 Å². The summed E-state index contributed by atoms with van der Waals surface area (Å²) in [6.45, 7) is -0.275. The number of fused-ring (bicyclic) bond motifs is 1. The first-order valence-corrected chi connectivity index (χ1v) is 7.83. The number of carbonyl (C=O) groups excluding carboxylic acids is 2. The molecule has 10 nitrogen and oxygen atoms in total. The normalized spacial score (nSPS) is 10.8. The molecule has 3 aromatic rings. The van der Waals surface area contributed by atoms with Gasteiger partial charge in [-0.3, -0.25) is 13.9 Å². The molecular formula is C17H16N4O6. The van der Waals surface area contributed by atoms with Gasteiger partial charge in [0, 0.05) is 14.1 Å². The molecule has 0 spiro atoms. The summed E-state index contributed by atoms with van der Waals surface area (Å²) in [5, 5.41) is 0. The Morgan fingerprint density at radius 1 is 1.07 bits per heavy atom. The number of imidazole rings is 1. The maximum absolute atomic E-state index is 12.3. The van der Waals surface area contributed by atoms with Crippen molar-refractivity contribution in [1.82, 2.24) is 18.7 Å². The largest absolute Gasteiger partial charge is 0.465 e. The Morgan fingerprint density at radius 2 is 1.74 bits per heavy atom. The van der Waals surface area contributed by atoms with E-state index in [1.165, 1.54) is 60.9 Å². The third kappa shape index (κ3) is 3.24. The van der Waals surface area contributed by atoms with Crippen molar-refractivity contribution in [2.45, 2.75) is 6.54 Å². The van der Waals surface area contributed by atoms with Crippen molar-refractivity contribution in [3.63, 3.8) is 0 Å². The minimum absolute atomic E-state index is 0.123. The lowest BCUT2D eigenvalue weighted by molar-refractivity contribution is -0.135. The molecule has 27 heavy (non-hydrogen) atoms. The highest BCUT2D eigenvalue weighted by molar-refractivity contribution is 5.89. The number of aromatic nitrogens is 4. The van der Waals surface area contributed by atoms with Crippen molar-refractivity contribution in [3.8, 4) is 5.75 Å². The number of esters is 2. The van der Waals surface area contributed by atoms with Crippen molar-refractivity contribution >= 4 is 23.1 Å². The average molecular weight is 372 g/mol. The molecule has 0 N–H and O–H groups in total. The molecule has 0 aliphatic carbocycles. The summed E-state index contributed by atoms with van der Waals surface area (Å²) in [5.41, 5.74) is -0.440. The molecule has 1 aromatic carbocycles. The topological polar surface area (TPSA) is 114 Å². The number of nitrogens with zero attached hydrogens (tertiary/aromatic N) is 4. The second-order valence-corrected chi connectivity index (χ2v) is 5.74. The number of benzene rings is 1. The zero-order chi connectivity index (χ0) is 19.7. The zero-order valence-corrected chi connectivity index (χ0v) is 14.8. The molecule has 2 heterocycles. The monoisotopic (exact) mass is 372 g/mol. The summed E-state index contributed by atoms with van der Waals surface area (Å²) in [6.07, 6.45) is 1.30. The van der Waals surface area contributed by atoms with Gasteiger partial charge in [-0.15, -0.1) is 0 Å². The van der Waals surface area contributed by atoms with Crippen molar-refractivity contribution < 1.29 is 19.1 Å². The SMILES string of the molecule is COC(=O)c1ccc(OC(=O)Cn2cnc3c2c(=O)n(C)c(=O)n3C)cc1. The van der Waals surface area contributed by atoms with Gasteiger partial charge >= 0.3 is 17.6 Å². The van der Waals surface area contributed by atoms with E-state index in [4.69, 9.17) is 4.74 Å². The molecule has 2 aromatic heterocycles. The Labute approximate surface area is 152 Å². The summed E-state index contributed by atoms with van der Waals surface area (Å²) in [4.78, 5) is 51.9. The van der Waals surface area contributed by atoms with Crippen LogP contribution in [0.4, 0.5) is 0 Å². The first kappa shape index (κ1) is 18.1. The molecule has 0 bridgehead atoms. The number of rotatable bonds is 4. The van der Waals surface area contributed by atoms with Crippen molar-refractivity contribution in [3.05, 3.63) is 57.0 Å². The van der Waals surface area contributed by atoms with E-state index >= 15 is 0 Å². The molecule has 0 aliphatic heterocycles. The summed E-state index contributed by atoms with van der Waals surface area (Å²) in [7, 11) is 4.11. The molecule has 0 amide bonds. The molecule has 3 rings (SSSR count). The molecule has 0 saturated carbocycles. The predicted molar refractivity (Wildman–Crippen MR) is 93.6 cm³/mol. The number of aryl methyl sites for hydroxylation is 1. The van der Waals surface area contributed by atoms with Crippen LogP contribution in [0.25, 0.3) is 11.2 Å².